The Bertz CT molecular complexity index is 1140. The molecule has 0 aromatic heterocycles. The van der Waals surface area contributed by atoms with E-state index in [1.807, 2.05) is 60.7 Å². The van der Waals surface area contributed by atoms with Gasteiger partial charge < -0.3 is 28.4 Å². The highest BCUT2D eigenvalue weighted by Gasteiger charge is 2.51. The van der Waals surface area contributed by atoms with Crippen molar-refractivity contribution in [1.82, 2.24) is 0 Å². The highest BCUT2D eigenvalue weighted by Crippen LogP contribution is 2.37. The van der Waals surface area contributed by atoms with Crippen molar-refractivity contribution >= 4 is 5.69 Å². The van der Waals surface area contributed by atoms with Gasteiger partial charge in [-0.15, -0.1) is 0 Å². The first-order valence-corrected chi connectivity index (χ1v) is 12.1. The summed E-state index contributed by atoms with van der Waals surface area (Å²) in [4.78, 5) is 10.6. The van der Waals surface area contributed by atoms with E-state index in [0.717, 1.165) is 11.1 Å². The average Bonchev–Trinajstić information content (AvgIpc) is 2.95. The highest BCUT2D eigenvalue weighted by atomic mass is 16.8. The lowest BCUT2D eigenvalue weighted by Crippen LogP contribution is -2.63. The van der Waals surface area contributed by atoms with Gasteiger partial charge in [0.25, 0.3) is 5.69 Å². The molecule has 6 atom stereocenters. The van der Waals surface area contributed by atoms with Crippen LogP contribution in [0.25, 0.3) is 0 Å². The standard InChI is InChI=1S/C28H29NO8/c1-32-28-26(34-17-20-10-6-3-7-11-20)25(33-16-19-8-4-2-5-9-19)24-23(36-28)18-35-27(37-24)21-12-14-22(15-13-21)29(30)31/h2-15,23-28H,16-18H2,1H3/t23-,24+,25+,26-,27?,28+/m1/s1. The number of fused-ring (bicyclic) bond motifs is 1. The summed E-state index contributed by atoms with van der Waals surface area (Å²) in [6, 6.07) is 25.8. The molecule has 2 aliphatic heterocycles. The van der Waals surface area contributed by atoms with Gasteiger partial charge in [-0.2, -0.15) is 0 Å². The molecule has 3 aromatic carbocycles. The maximum Gasteiger partial charge on any atom is 0.269 e. The smallest absolute Gasteiger partial charge is 0.269 e. The van der Waals surface area contributed by atoms with Crippen molar-refractivity contribution in [3.63, 3.8) is 0 Å². The van der Waals surface area contributed by atoms with E-state index >= 15 is 0 Å². The molecule has 0 amide bonds. The van der Waals surface area contributed by atoms with E-state index in [1.165, 1.54) is 12.1 Å². The van der Waals surface area contributed by atoms with Crippen LogP contribution in [0.2, 0.25) is 0 Å². The first-order valence-electron chi connectivity index (χ1n) is 12.1. The summed E-state index contributed by atoms with van der Waals surface area (Å²) >= 11 is 0. The third kappa shape index (κ3) is 6.04. The van der Waals surface area contributed by atoms with Crippen LogP contribution in [0.5, 0.6) is 0 Å². The number of hydrogen-bond donors (Lipinski definition) is 0. The van der Waals surface area contributed by atoms with Crippen molar-refractivity contribution in [3.05, 3.63) is 112 Å². The Balaban J connectivity index is 1.38. The van der Waals surface area contributed by atoms with Crippen LogP contribution in [0.4, 0.5) is 5.69 Å². The molecule has 194 valence electrons. The number of hydrogen-bond acceptors (Lipinski definition) is 8. The van der Waals surface area contributed by atoms with Gasteiger partial charge in [-0.25, -0.2) is 0 Å². The van der Waals surface area contributed by atoms with Crippen molar-refractivity contribution in [2.24, 2.45) is 0 Å². The summed E-state index contributed by atoms with van der Waals surface area (Å²) in [5.74, 6) is 0. The molecule has 0 spiro atoms. The first kappa shape index (κ1) is 25.5. The number of rotatable bonds is 9. The number of ether oxygens (including phenoxy) is 6. The van der Waals surface area contributed by atoms with E-state index in [4.69, 9.17) is 28.4 Å². The Kier molecular flexibility index (Phi) is 8.20. The summed E-state index contributed by atoms with van der Waals surface area (Å²) in [6.07, 6.45) is -3.50. The summed E-state index contributed by atoms with van der Waals surface area (Å²) < 4.78 is 37.0. The van der Waals surface area contributed by atoms with Crippen molar-refractivity contribution in [2.45, 2.75) is 50.2 Å². The molecule has 2 fully saturated rings. The van der Waals surface area contributed by atoms with Gasteiger partial charge >= 0.3 is 0 Å². The van der Waals surface area contributed by atoms with Crippen LogP contribution >= 0.6 is 0 Å². The van der Waals surface area contributed by atoms with Crippen LogP contribution in [0.1, 0.15) is 23.0 Å². The van der Waals surface area contributed by atoms with E-state index in [9.17, 15) is 10.1 Å². The molecular formula is C28H29NO8. The molecular weight excluding hydrogens is 478 g/mol. The largest absolute Gasteiger partial charge is 0.368 e. The van der Waals surface area contributed by atoms with E-state index < -0.39 is 41.9 Å². The minimum Gasteiger partial charge on any atom is -0.368 e. The quantitative estimate of drug-likeness (QED) is 0.307. The lowest BCUT2D eigenvalue weighted by Gasteiger charge is -2.48. The van der Waals surface area contributed by atoms with Crippen LogP contribution in [0, 0.1) is 10.1 Å². The summed E-state index contributed by atoms with van der Waals surface area (Å²) in [6.45, 7) is 0.936. The molecule has 9 heteroatoms. The Morgan fingerprint density at radius 2 is 1.43 bits per heavy atom. The number of benzene rings is 3. The fourth-order valence-corrected chi connectivity index (χ4v) is 4.56. The van der Waals surface area contributed by atoms with Crippen molar-refractivity contribution < 1.29 is 33.3 Å². The number of nitrogens with zero attached hydrogens (tertiary/aromatic N) is 1. The fraction of sp³-hybridized carbons (Fsp3) is 0.357. The van der Waals surface area contributed by atoms with E-state index in [2.05, 4.69) is 0 Å². The van der Waals surface area contributed by atoms with Gasteiger partial charge in [-0.3, -0.25) is 10.1 Å². The number of nitro benzene ring substituents is 1. The zero-order valence-corrected chi connectivity index (χ0v) is 20.4. The van der Waals surface area contributed by atoms with Crippen molar-refractivity contribution in [2.75, 3.05) is 13.7 Å². The lowest BCUT2D eigenvalue weighted by molar-refractivity contribution is -0.385. The summed E-state index contributed by atoms with van der Waals surface area (Å²) in [5.41, 5.74) is 2.69. The Morgan fingerprint density at radius 3 is 2.00 bits per heavy atom. The van der Waals surface area contributed by atoms with Crippen LogP contribution in [-0.2, 0) is 41.6 Å². The van der Waals surface area contributed by atoms with E-state index in [-0.39, 0.29) is 12.3 Å². The van der Waals surface area contributed by atoms with E-state index in [1.54, 1.807) is 19.2 Å². The maximum absolute atomic E-state index is 11.1. The SMILES string of the molecule is CO[C@H]1O[C@@H]2COC(c3ccc([N+](=O)[O-])cc3)O[C@@H]2[C@H](OCc2ccccc2)[C@H]1OCc1ccccc1. The molecule has 0 radical (unpaired) electrons. The first-order chi connectivity index (χ1) is 18.1. The van der Waals surface area contributed by atoms with Crippen molar-refractivity contribution in [1.29, 1.82) is 0 Å². The van der Waals surface area contributed by atoms with Crippen LogP contribution < -0.4 is 0 Å². The third-order valence-electron chi connectivity index (χ3n) is 6.46. The zero-order valence-electron chi connectivity index (χ0n) is 20.4. The van der Waals surface area contributed by atoms with Gasteiger partial charge in [-0.05, 0) is 23.3 Å². The minimum absolute atomic E-state index is 0.000168. The van der Waals surface area contributed by atoms with Gasteiger partial charge in [0.15, 0.2) is 12.6 Å². The Morgan fingerprint density at radius 1 is 0.838 bits per heavy atom. The topological polar surface area (TPSA) is 98.5 Å². The van der Waals surface area contributed by atoms with Crippen molar-refractivity contribution in [3.8, 4) is 0 Å². The van der Waals surface area contributed by atoms with Gasteiger partial charge in [0.2, 0.25) is 0 Å². The molecule has 0 aliphatic carbocycles. The molecule has 1 unspecified atom stereocenters. The summed E-state index contributed by atoms with van der Waals surface area (Å²) in [7, 11) is 1.57. The second-order valence-corrected chi connectivity index (χ2v) is 8.92. The van der Waals surface area contributed by atoms with Gasteiger partial charge in [0.1, 0.15) is 24.4 Å². The second-order valence-electron chi connectivity index (χ2n) is 8.92. The number of methoxy groups -OCH3 is 1. The molecule has 2 saturated heterocycles. The maximum atomic E-state index is 11.1. The summed E-state index contributed by atoms with van der Waals surface area (Å²) in [5, 5.41) is 11.1. The molecule has 0 N–H and O–H groups in total. The third-order valence-corrected chi connectivity index (χ3v) is 6.46. The molecule has 2 aliphatic rings. The Labute approximate surface area is 215 Å². The molecule has 37 heavy (non-hydrogen) atoms. The van der Waals surface area contributed by atoms with Crippen LogP contribution in [0.3, 0.4) is 0 Å². The fourth-order valence-electron chi connectivity index (χ4n) is 4.56. The molecule has 3 aromatic rings. The van der Waals surface area contributed by atoms with Gasteiger partial charge in [-0.1, -0.05) is 60.7 Å². The van der Waals surface area contributed by atoms with Gasteiger partial charge in [0.05, 0.1) is 24.7 Å². The second kappa shape index (κ2) is 11.9. The predicted molar refractivity (Wildman–Crippen MR) is 132 cm³/mol. The molecule has 0 saturated carbocycles. The van der Waals surface area contributed by atoms with Gasteiger partial charge in [0, 0.05) is 24.8 Å². The monoisotopic (exact) mass is 507 g/mol. The zero-order chi connectivity index (χ0) is 25.6. The van der Waals surface area contributed by atoms with Crippen LogP contribution in [0.15, 0.2) is 84.9 Å². The normalized spacial score (nSPS) is 27.4. The minimum atomic E-state index is -0.734. The van der Waals surface area contributed by atoms with E-state index in [0.29, 0.717) is 18.8 Å². The molecule has 0 bridgehead atoms. The number of nitro groups is 1. The Hall–Kier alpha value is -3.18. The average molecular weight is 508 g/mol. The predicted octanol–water partition coefficient (Wildman–Crippen LogP) is 4.55. The molecule has 2 heterocycles. The lowest BCUT2D eigenvalue weighted by atomic mass is 9.97. The number of non-ortho nitro benzene ring substituents is 1. The molecule has 9 nitrogen and oxygen atoms in total. The molecule has 5 rings (SSSR count). The highest BCUT2D eigenvalue weighted by molar-refractivity contribution is 5.33. The van der Waals surface area contributed by atoms with Crippen LogP contribution in [-0.4, -0.2) is 49.3 Å².